The Morgan fingerprint density at radius 1 is 1.19 bits per heavy atom. The number of benzene rings is 2. The van der Waals surface area contributed by atoms with Gasteiger partial charge >= 0.3 is 5.97 Å². The van der Waals surface area contributed by atoms with Crippen molar-refractivity contribution in [1.29, 1.82) is 0 Å². The van der Waals surface area contributed by atoms with Crippen LogP contribution in [-0.4, -0.2) is 32.7 Å². The van der Waals surface area contributed by atoms with Crippen LogP contribution in [0.2, 0.25) is 5.02 Å². The van der Waals surface area contributed by atoms with E-state index in [2.05, 4.69) is 10.1 Å². The van der Waals surface area contributed by atoms with E-state index in [-0.39, 0.29) is 5.91 Å². The number of carbonyl (C=O) groups is 2. The molecule has 0 heterocycles. The molecular formula is C20H20ClNO5. The molecule has 0 bridgehead atoms. The van der Waals surface area contributed by atoms with Crippen LogP contribution in [0.3, 0.4) is 0 Å². The standard InChI is InChI=1S/C20H20ClNO5/c1-4-27-17-11-13(10-16(21)19(17)25-2)8-9-18(23)22-15-7-5-6-14(12-15)20(24)26-3/h5-12H,4H2,1-3H3,(H,22,23)/b9-8+. The van der Waals surface area contributed by atoms with E-state index in [1.165, 1.54) is 26.4 Å². The van der Waals surface area contributed by atoms with Crippen LogP contribution in [0.1, 0.15) is 22.8 Å². The lowest BCUT2D eigenvalue weighted by molar-refractivity contribution is -0.111. The summed E-state index contributed by atoms with van der Waals surface area (Å²) in [5.74, 6) is 0.109. The molecule has 2 aromatic carbocycles. The van der Waals surface area contributed by atoms with Crippen LogP contribution >= 0.6 is 11.6 Å². The number of hydrogen-bond donors (Lipinski definition) is 1. The largest absolute Gasteiger partial charge is 0.491 e. The van der Waals surface area contributed by atoms with Crippen LogP contribution in [0.4, 0.5) is 5.69 Å². The molecule has 0 aliphatic carbocycles. The Kier molecular flexibility index (Phi) is 7.25. The summed E-state index contributed by atoms with van der Waals surface area (Å²) in [6.07, 6.45) is 2.96. The van der Waals surface area contributed by atoms with Crippen molar-refractivity contribution in [2.24, 2.45) is 0 Å². The van der Waals surface area contributed by atoms with E-state index in [1.54, 1.807) is 36.4 Å². The first kappa shape index (κ1) is 20.3. The number of methoxy groups -OCH3 is 2. The van der Waals surface area contributed by atoms with Crippen LogP contribution in [-0.2, 0) is 9.53 Å². The fourth-order valence-corrected chi connectivity index (χ4v) is 2.64. The summed E-state index contributed by atoms with van der Waals surface area (Å²) in [4.78, 5) is 23.7. The van der Waals surface area contributed by atoms with Crippen LogP contribution < -0.4 is 14.8 Å². The molecule has 142 valence electrons. The highest BCUT2D eigenvalue weighted by atomic mass is 35.5. The monoisotopic (exact) mass is 389 g/mol. The predicted molar refractivity (Wildman–Crippen MR) is 105 cm³/mol. The SMILES string of the molecule is CCOc1cc(/C=C/C(=O)Nc2cccc(C(=O)OC)c2)cc(Cl)c1OC. The second-order valence-corrected chi connectivity index (χ2v) is 5.77. The van der Waals surface area contributed by atoms with E-state index in [4.69, 9.17) is 21.1 Å². The minimum absolute atomic E-state index is 0.350. The molecule has 0 radical (unpaired) electrons. The first-order valence-electron chi connectivity index (χ1n) is 8.16. The van der Waals surface area contributed by atoms with E-state index < -0.39 is 5.97 Å². The zero-order chi connectivity index (χ0) is 19.8. The fourth-order valence-electron chi connectivity index (χ4n) is 2.34. The third-order valence-corrected chi connectivity index (χ3v) is 3.79. The zero-order valence-corrected chi connectivity index (χ0v) is 16.0. The first-order valence-corrected chi connectivity index (χ1v) is 8.54. The van der Waals surface area contributed by atoms with Gasteiger partial charge in [0.15, 0.2) is 11.5 Å². The lowest BCUT2D eigenvalue weighted by Gasteiger charge is -2.11. The molecule has 0 aromatic heterocycles. The maximum Gasteiger partial charge on any atom is 0.337 e. The smallest absolute Gasteiger partial charge is 0.337 e. The Balaban J connectivity index is 2.14. The Morgan fingerprint density at radius 3 is 2.63 bits per heavy atom. The number of ether oxygens (including phenoxy) is 3. The Morgan fingerprint density at radius 2 is 1.96 bits per heavy atom. The van der Waals surface area contributed by atoms with Crippen LogP contribution in [0, 0.1) is 0 Å². The second-order valence-electron chi connectivity index (χ2n) is 5.36. The number of nitrogens with one attached hydrogen (secondary N) is 1. The van der Waals surface area contributed by atoms with Crippen molar-refractivity contribution in [2.75, 3.05) is 26.1 Å². The van der Waals surface area contributed by atoms with Crippen molar-refractivity contribution < 1.29 is 23.8 Å². The molecule has 1 N–H and O–H groups in total. The Bertz CT molecular complexity index is 863. The summed E-state index contributed by atoms with van der Waals surface area (Å²) in [6, 6.07) is 9.88. The molecule has 0 saturated heterocycles. The van der Waals surface area contributed by atoms with Gasteiger partial charge in [-0.3, -0.25) is 4.79 Å². The molecule has 0 aliphatic rings. The third kappa shape index (κ3) is 5.49. The topological polar surface area (TPSA) is 73.9 Å². The summed E-state index contributed by atoms with van der Waals surface area (Å²) in [7, 11) is 2.81. The summed E-state index contributed by atoms with van der Waals surface area (Å²) < 4.78 is 15.4. The van der Waals surface area contributed by atoms with Gasteiger partial charge < -0.3 is 19.5 Å². The summed E-state index contributed by atoms with van der Waals surface area (Å²) in [6.45, 7) is 2.31. The van der Waals surface area contributed by atoms with Crippen molar-refractivity contribution in [2.45, 2.75) is 6.92 Å². The molecule has 2 rings (SSSR count). The van der Waals surface area contributed by atoms with Gasteiger partial charge in [0.2, 0.25) is 5.91 Å². The van der Waals surface area contributed by atoms with E-state index in [9.17, 15) is 9.59 Å². The lowest BCUT2D eigenvalue weighted by Crippen LogP contribution is -2.09. The van der Waals surface area contributed by atoms with E-state index in [1.807, 2.05) is 6.92 Å². The molecule has 0 fully saturated rings. The maximum atomic E-state index is 12.2. The summed E-state index contributed by atoms with van der Waals surface area (Å²) >= 11 is 6.19. The van der Waals surface area contributed by atoms with Crippen molar-refractivity contribution in [3.8, 4) is 11.5 Å². The minimum Gasteiger partial charge on any atom is -0.491 e. The van der Waals surface area contributed by atoms with Gasteiger partial charge in [-0.05, 0) is 48.9 Å². The van der Waals surface area contributed by atoms with Crippen molar-refractivity contribution in [3.63, 3.8) is 0 Å². The van der Waals surface area contributed by atoms with Gasteiger partial charge in [-0.2, -0.15) is 0 Å². The van der Waals surface area contributed by atoms with E-state index >= 15 is 0 Å². The van der Waals surface area contributed by atoms with Gasteiger partial charge in [-0.15, -0.1) is 0 Å². The summed E-state index contributed by atoms with van der Waals surface area (Å²) in [5.41, 5.74) is 1.51. The van der Waals surface area contributed by atoms with Crippen LogP contribution in [0.5, 0.6) is 11.5 Å². The molecule has 0 atom stereocenters. The van der Waals surface area contributed by atoms with Crippen LogP contribution in [0.15, 0.2) is 42.5 Å². The number of halogens is 1. The third-order valence-electron chi connectivity index (χ3n) is 3.51. The maximum absolute atomic E-state index is 12.2. The van der Waals surface area contributed by atoms with Gasteiger partial charge in [0.25, 0.3) is 0 Å². The van der Waals surface area contributed by atoms with Gasteiger partial charge in [0, 0.05) is 11.8 Å². The molecule has 0 spiro atoms. The average Bonchev–Trinajstić information content (AvgIpc) is 2.66. The van der Waals surface area contributed by atoms with Gasteiger partial charge in [0.05, 0.1) is 31.4 Å². The number of anilines is 1. The quantitative estimate of drug-likeness (QED) is 0.567. The fraction of sp³-hybridized carbons (Fsp3) is 0.200. The molecule has 0 unspecified atom stereocenters. The number of carbonyl (C=O) groups excluding carboxylic acids is 2. The normalized spacial score (nSPS) is 10.5. The van der Waals surface area contributed by atoms with Crippen molar-refractivity contribution in [3.05, 3.63) is 58.6 Å². The van der Waals surface area contributed by atoms with E-state index in [0.717, 1.165) is 0 Å². The molecule has 1 amide bonds. The number of hydrogen-bond acceptors (Lipinski definition) is 5. The number of amides is 1. The highest BCUT2D eigenvalue weighted by Gasteiger charge is 2.11. The van der Waals surface area contributed by atoms with E-state index in [0.29, 0.717) is 39.9 Å². The Labute approximate surface area is 162 Å². The van der Waals surface area contributed by atoms with Gasteiger partial charge in [-0.1, -0.05) is 17.7 Å². The van der Waals surface area contributed by atoms with Gasteiger partial charge in [0.1, 0.15) is 0 Å². The summed E-state index contributed by atoms with van der Waals surface area (Å²) in [5, 5.41) is 3.07. The van der Waals surface area contributed by atoms with Crippen LogP contribution in [0.25, 0.3) is 6.08 Å². The number of rotatable bonds is 7. The molecule has 7 heteroatoms. The van der Waals surface area contributed by atoms with Gasteiger partial charge in [-0.25, -0.2) is 4.79 Å². The zero-order valence-electron chi connectivity index (χ0n) is 15.2. The average molecular weight is 390 g/mol. The lowest BCUT2D eigenvalue weighted by atomic mass is 10.1. The predicted octanol–water partition coefficient (Wildman–Crippen LogP) is 4.19. The van der Waals surface area contributed by atoms with Crippen molar-refractivity contribution in [1.82, 2.24) is 0 Å². The van der Waals surface area contributed by atoms with Crippen molar-refractivity contribution >= 4 is 35.2 Å². The second kappa shape index (κ2) is 9.64. The molecule has 0 aliphatic heterocycles. The molecular weight excluding hydrogens is 370 g/mol. The number of esters is 1. The molecule has 2 aromatic rings. The highest BCUT2D eigenvalue weighted by Crippen LogP contribution is 2.36. The Hall–Kier alpha value is -2.99. The minimum atomic E-state index is -0.474. The molecule has 6 nitrogen and oxygen atoms in total. The molecule has 27 heavy (non-hydrogen) atoms. The first-order chi connectivity index (χ1) is 13.0. The highest BCUT2D eigenvalue weighted by molar-refractivity contribution is 6.32. The molecule has 0 saturated carbocycles.